The number of fused-ring (bicyclic) bond motifs is 3. The van der Waals surface area contributed by atoms with Crippen molar-refractivity contribution in [3.05, 3.63) is 52.6 Å². The molecule has 5 aromatic rings. The van der Waals surface area contributed by atoms with Gasteiger partial charge in [-0.05, 0) is 17.7 Å². The average molecular weight is 472 g/mol. The zero-order valence-corrected chi connectivity index (χ0v) is 18.1. The summed E-state index contributed by atoms with van der Waals surface area (Å²) in [5.41, 5.74) is 6.90. The van der Waals surface area contributed by atoms with E-state index in [0.29, 0.717) is 22.9 Å². The highest BCUT2D eigenvalue weighted by Crippen LogP contribution is 2.35. The zero-order chi connectivity index (χ0) is 20.5. The highest BCUT2D eigenvalue weighted by Gasteiger charge is 2.19. The molecule has 0 saturated heterocycles. The summed E-state index contributed by atoms with van der Waals surface area (Å²) in [5, 5.41) is 3.86. The van der Waals surface area contributed by atoms with E-state index in [1.807, 2.05) is 18.2 Å². The van der Waals surface area contributed by atoms with Crippen LogP contribution in [0.3, 0.4) is 0 Å². The monoisotopic (exact) mass is 471 g/mol. The third-order valence-electron chi connectivity index (χ3n) is 4.11. The number of halogens is 1. The Bertz CT molecular complexity index is 1390. The molecule has 30 heavy (non-hydrogen) atoms. The van der Waals surface area contributed by atoms with Gasteiger partial charge in [-0.1, -0.05) is 29.4 Å². The number of aromatic nitrogens is 6. The van der Waals surface area contributed by atoms with Crippen molar-refractivity contribution in [3.8, 4) is 0 Å². The van der Waals surface area contributed by atoms with Gasteiger partial charge in [0.25, 0.3) is 0 Å². The molecule has 0 saturated carbocycles. The van der Waals surface area contributed by atoms with Crippen LogP contribution >= 0.6 is 46.0 Å². The van der Waals surface area contributed by atoms with E-state index in [0.717, 1.165) is 31.3 Å². The molecule has 0 spiro atoms. The molecule has 4 aromatic heterocycles. The van der Waals surface area contributed by atoms with Gasteiger partial charge >= 0.3 is 0 Å². The molecule has 0 atom stereocenters. The van der Waals surface area contributed by atoms with Gasteiger partial charge < -0.3 is 5.32 Å². The van der Waals surface area contributed by atoms with E-state index in [1.54, 1.807) is 11.0 Å². The van der Waals surface area contributed by atoms with Crippen molar-refractivity contribution in [2.24, 2.45) is 0 Å². The molecule has 1 N–H and O–H groups in total. The van der Waals surface area contributed by atoms with Crippen molar-refractivity contribution in [1.82, 2.24) is 29.9 Å². The smallest absolute Gasteiger partial charge is 0.198 e. The number of rotatable bonds is 2. The number of benzene rings is 1. The minimum absolute atomic E-state index is 0.195. The van der Waals surface area contributed by atoms with E-state index >= 15 is 0 Å². The van der Waals surface area contributed by atoms with Gasteiger partial charge in [-0.15, -0.1) is 22.7 Å². The lowest BCUT2D eigenvalue weighted by atomic mass is 10.1. The van der Waals surface area contributed by atoms with Crippen LogP contribution in [0.1, 0.15) is 5.56 Å². The third-order valence-corrected chi connectivity index (χ3v) is 6.83. The Hall–Kier alpha value is -2.73. The molecule has 0 amide bonds. The summed E-state index contributed by atoms with van der Waals surface area (Å²) in [4.78, 5) is 38.5. The lowest BCUT2D eigenvalue weighted by Crippen LogP contribution is -1.96. The average Bonchev–Trinajstić information content (AvgIpc) is 3.47. The number of carbonyl (C=O) groups is 1. The van der Waals surface area contributed by atoms with Crippen molar-refractivity contribution in [2.45, 2.75) is 11.3 Å². The van der Waals surface area contributed by atoms with Gasteiger partial charge in [0, 0.05) is 17.0 Å². The fourth-order valence-electron chi connectivity index (χ4n) is 2.78. The molecule has 0 unspecified atom stereocenters. The summed E-state index contributed by atoms with van der Waals surface area (Å²) >= 11 is 9.92. The van der Waals surface area contributed by atoms with Crippen LogP contribution in [-0.2, 0) is 11.2 Å². The largest absolute Gasteiger partial charge is 0.338 e. The normalized spacial score (nSPS) is 12.6. The zero-order valence-electron chi connectivity index (χ0n) is 14.9. The Balaban J connectivity index is 0.000000161. The van der Waals surface area contributed by atoms with Gasteiger partial charge in [-0.3, -0.25) is 4.79 Å². The van der Waals surface area contributed by atoms with Gasteiger partial charge in [0.15, 0.2) is 16.1 Å². The maximum Gasteiger partial charge on any atom is 0.198 e. The van der Waals surface area contributed by atoms with Crippen LogP contribution in [0, 0.1) is 0 Å². The van der Waals surface area contributed by atoms with E-state index in [-0.39, 0.29) is 5.12 Å². The molecule has 1 aromatic carbocycles. The number of nitrogens with zero attached hydrogens (tertiary/aromatic N) is 6. The number of nitrogens with one attached hydrogen (secondary N) is 1. The van der Waals surface area contributed by atoms with E-state index in [1.165, 1.54) is 47.1 Å². The Morgan fingerprint density at radius 3 is 2.43 bits per heavy atom. The summed E-state index contributed by atoms with van der Waals surface area (Å²) in [6.07, 6.45) is 3.47. The molecule has 0 radical (unpaired) electrons. The maximum absolute atomic E-state index is 11.4. The fraction of sp³-hybridized carbons (Fsp3) is 0.0556. The summed E-state index contributed by atoms with van der Waals surface area (Å²) in [6, 6.07) is 5.92. The van der Waals surface area contributed by atoms with Gasteiger partial charge in [0.1, 0.15) is 33.3 Å². The molecule has 1 aliphatic rings. The molecule has 6 rings (SSSR count). The molecule has 1 aliphatic heterocycles. The minimum Gasteiger partial charge on any atom is -0.338 e. The van der Waals surface area contributed by atoms with Crippen molar-refractivity contribution in [2.75, 3.05) is 5.32 Å². The number of carbonyl (C=O) groups excluding carboxylic acids is 1. The predicted octanol–water partition coefficient (Wildman–Crippen LogP) is 4.74. The van der Waals surface area contributed by atoms with Gasteiger partial charge in [-0.2, -0.15) is 0 Å². The first kappa shape index (κ1) is 19.2. The lowest BCUT2D eigenvalue weighted by Gasteiger charge is -2.07. The van der Waals surface area contributed by atoms with E-state index in [4.69, 9.17) is 11.6 Å². The molecule has 0 bridgehead atoms. The highest BCUT2D eigenvalue weighted by molar-refractivity contribution is 8.14. The number of hydrogen-bond donors (Lipinski definition) is 1. The minimum atomic E-state index is 0.195. The SMILES string of the molecule is Clc1ncnc2scnc12.O=C1Cc2ccc(Nc3ncnc4scnc34)cc2S1. The molecule has 0 fully saturated rings. The second kappa shape index (κ2) is 8.19. The van der Waals surface area contributed by atoms with Gasteiger partial charge in [0.05, 0.1) is 11.0 Å². The molecule has 148 valence electrons. The number of thioether (sulfide) groups is 1. The molecular formula is C18H10ClN7OS3. The first-order valence-electron chi connectivity index (χ1n) is 8.52. The van der Waals surface area contributed by atoms with Crippen molar-refractivity contribution in [3.63, 3.8) is 0 Å². The fourth-order valence-corrected chi connectivity index (χ4v) is 5.20. The van der Waals surface area contributed by atoms with Crippen LogP contribution < -0.4 is 5.32 Å². The summed E-state index contributed by atoms with van der Waals surface area (Å²) in [6.45, 7) is 0. The van der Waals surface area contributed by atoms with Crippen LogP contribution in [0.25, 0.3) is 20.7 Å². The van der Waals surface area contributed by atoms with Crippen LogP contribution in [0.5, 0.6) is 0 Å². The molecule has 0 aliphatic carbocycles. The Morgan fingerprint density at radius 1 is 0.900 bits per heavy atom. The lowest BCUT2D eigenvalue weighted by molar-refractivity contribution is -0.110. The predicted molar refractivity (Wildman–Crippen MR) is 120 cm³/mol. The molecule has 5 heterocycles. The summed E-state index contributed by atoms with van der Waals surface area (Å²) in [7, 11) is 0. The third kappa shape index (κ3) is 3.84. The van der Waals surface area contributed by atoms with Crippen LogP contribution in [0.15, 0.2) is 46.8 Å². The van der Waals surface area contributed by atoms with Gasteiger partial charge in [0.2, 0.25) is 0 Å². The Kier molecular flexibility index (Phi) is 5.25. The van der Waals surface area contributed by atoms with Crippen LogP contribution in [-0.4, -0.2) is 35.0 Å². The van der Waals surface area contributed by atoms with Crippen LogP contribution in [0.4, 0.5) is 11.5 Å². The molecule has 8 nitrogen and oxygen atoms in total. The van der Waals surface area contributed by atoms with E-state index in [9.17, 15) is 4.79 Å². The number of hydrogen-bond acceptors (Lipinski definition) is 11. The van der Waals surface area contributed by atoms with Crippen molar-refractivity contribution in [1.29, 1.82) is 0 Å². The Morgan fingerprint density at radius 2 is 1.63 bits per heavy atom. The van der Waals surface area contributed by atoms with E-state index in [2.05, 4.69) is 35.2 Å². The summed E-state index contributed by atoms with van der Waals surface area (Å²) < 4.78 is 0. The standard InChI is InChI=1S/C13H8N4OS2.C5H2ClN3S/c18-10-3-7-1-2-8(4-9(7)20-10)17-12-11-13(15-5-14-12)19-6-16-11;6-4-3-5(8-1-7-4)10-2-9-3/h1-2,4-6H,3H2,(H,14,15,17);1-2H. The molecule has 12 heteroatoms. The van der Waals surface area contributed by atoms with Crippen LogP contribution in [0.2, 0.25) is 5.15 Å². The van der Waals surface area contributed by atoms with Crippen molar-refractivity contribution < 1.29 is 4.79 Å². The molecular weight excluding hydrogens is 462 g/mol. The highest BCUT2D eigenvalue weighted by atomic mass is 35.5. The first-order valence-corrected chi connectivity index (χ1v) is 11.5. The van der Waals surface area contributed by atoms with Crippen molar-refractivity contribution >= 4 is 83.4 Å². The number of thiazole rings is 2. The van der Waals surface area contributed by atoms with Gasteiger partial charge in [-0.25, -0.2) is 29.9 Å². The topological polar surface area (TPSA) is 106 Å². The summed E-state index contributed by atoms with van der Waals surface area (Å²) in [5.74, 6) is 0.686. The second-order valence-corrected chi connectivity index (χ2v) is 9.12. The quantitative estimate of drug-likeness (QED) is 0.365. The number of anilines is 2. The maximum atomic E-state index is 11.4. The first-order chi connectivity index (χ1) is 14.7. The second-order valence-electron chi connectivity index (χ2n) is 6.00. The Labute approximate surface area is 186 Å². The van der Waals surface area contributed by atoms with E-state index < -0.39 is 0 Å².